The summed E-state index contributed by atoms with van der Waals surface area (Å²) in [6.07, 6.45) is -4.83. The number of nitrogens with one attached hydrogen (secondary N) is 2. The highest BCUT2D eigenvalue weighted by Gasteiger charge is 2.32. The molecule has 2 aromatic rings. The molecule has 0 aliphatic carbocycles. The lowest BCUT2D eigenvalue weighted by Crippen LogP contribution is -2.28. The first-order valence-electron chi connectivity index (χ1n) is 6.47. The van der Waals surface area contributed by atoms with Crippen molar-refractivity contribution < 1.29 is 22.7 Å². The molecule has 23 heavy (non-hydrogen) atoms. The monoisotopic (exact) mass is 388 g/mol. The van der Waals surface area contributed by atoms with Gasteiger partial charge in [-0.25, -0.2) is 4.79 Å². The average molecular weight is 389 g/mol. The van der Waals surface area contributed by atoms with Gasteiger partial charge in [-0.05, 0) is 29.8 Å². The smallest absolute Gasteiger partial charge is 0.404 e. The number of amides is 2. The van der Waals surface area contributed by atoms with Crippen molar-refractivity contribution in [3.05, 3.63) is 58.6 Å². The Bertz CT molecular complexity index is 692. The Kier molecular flexibility index (Phi) is 5.49. The Morgan fingerprint density at radius 2 is 1.87 bits per heavy atom. The number of benzene rings is 2. The van der Waals surface area contributed by atoms with Gasteiger partial charge in [0.2, 0.25) is 0 Å². The summed E-state index contributed by atoms with van der Waals surface area (Å²) in [6, 6.07) is 12.0. The van der Waals surface area contributed by atoms with Crippen molar-refractivity contribution in [1.82, 2.24) is 5.32 Å². The summed E-state index contributed by atoms with van der Waals surface area (Å²) in [6.45, 7) is 0.230. The van der Waals surface area contributed by atoms with E-state index in [2.05, 4.69) is 31.3 Å². The number of urea groups is 1. The number of halogens is 4. The molecule has 0 saturated heterocycles. The van der Waals surface area contributed by atoms with Crippen LogP contribution in [0.15, 0.2) is 53.0 Å². The summed E-state index contributed by atoms with van der Waals surface area (Å²) >= 11 is 3.31. The Morgan fingerprint density at radius 1 is 1.13 bits per heavy atom. The number of ether oxygens (including phenoxy) is 1. The van der Waals surface area contributed by atoms with E-state index in [9.17, 15) is 18.0 Å². The minimum absolute atomic E-state index is 0.0726. The minimum atomic E-state index is -4.83. The molecule has 0 unspecified atom stereocenters. The first kappa shape index (κ1) is 17.1. The predicted molar refractivity (Wildman–Crippen MR) is 83.1 cm³/mol. The summed E-state index contributed by atoms with van der Waals surface area (Å²) in [7, 11) is 0. The highest BCUT2D eigenvalue weighted by atomic mass is 79.9. The van der Waals surface area contributed by atoms with Crippen LogP contribution >= 0.6 is 15.9 Å². The molecule has 0 radical (unpaired) electrons. The SMILES string of the molecule is O=C(NCc1cccc(Br)c1)Nc1ccccc1OC(F)(F)F. The standard InChI is InChI=1S/C15H12BrF3N2O2/c16-11-5-3-4-10(8-11)9-20-14(22)21-12-6-1-2-7-13(12)23-15(17,18)19/h1-8H,9H2,(H2,20,21,22). The van der Waals surface area contributed by atoms with Crippen molar-refractivity contribution in [2.75, 3.05) is 5.32 Å². The lowest BCUT2D eigenvalue weighted by atomic mass is 10.2. The number of rotatable bonds is 4. The summed E-state index contributed by atoms with van der Waals surface area (Å²) in [4.78, 5) is 11.8. The molecule has 4 nitrogen and oxygen atoms in total. The zero-order valence-corrected chi connectivity index (χ0v) is 13.2. The highest BCUT2D eigenvalue weighted by Crippen LogP contribution is 2.29. The predicted octanol–water partition coefficient (Wildman–Crippen LogP) is 4.67. The normalized spacial score (nSPS) is 11.0. The van der Waals surface area contributed by atoms with E-state index >= 15 is 0 Å². The maximum absolute atomic E-state index is 12.3. The third kappa shape index (κ3) is 5.82. The molecule has 0 saturated carbocycles. The average Bonchev–Trinajstić information content (AvgIpc) is 2.46. The molecule has 0 heterocycles. The lowest BCUT2D eigenvalue weighted by Gasteiger charge is -2.14. The first-order chi connectivity index (χ1) is 10.8. The fourth-order valence-corrected chi connectivity index (χ4v) is 2.23. The van der Waals surface area contributed by atoms with Crippen LogP contribution in [0.2, 0.25) is 0 Å². The Morgan fingerprint density at radius 3 is 2.57 bits per heavy atom. The van der Waals surface area contributed by atoms with Crippen molar-refractivity contribution >= 4 is 27.6 Å². The molecule has 0 aliphatic rings. The fourth-order valence-electron chi connectivity index (χ4n) is 1.78. The molecule has 0 aliphatic heterocycles. The van der Waals surface area contributed by atoms with E-state index in [0.29, 0.717) is 0 Å². The van der Waals surface area contributed by atoms with Crippen molar-refractivity contribution in [3.63, 3.8) is 0 Å². The molecule has 0 fully saturated rings. The van der Waals surface area contributed by atoms with Gasteiger partial charge in [-0.1, -0.05) is 40.2 Å². The van der Waals surface area contributed by atoms with Crippen LogP contribution < -0.4 is 15.4 Å². The van der Waals surface area contributed by atoms with Crippen LogP contribution in [-0.4, -0.2) is 12.4 Å². The molecule has 0 bridgehead atoms. The Hall–Kier alpha value is -2.22. The zero-order valence-electron chi connectivity index (χ0n) is 11.7. The third-order valence-electron chi connectivity index (χ3n) is 2.70. The maximum Gasteiger partial charge on any atom is 0.573 e. The third-order valence-corrected chi connectivity index (χ3v) is 3.20. The van der Waals surface area contributed by atoms with Crippen LogP contribution in [0.4, 0.5) is 23.7 Å². The van der Waals surface area contributed by atoms with Gasteiger partial charge in [0.25, 0.3) is 0 Å². The zero-order chi connectivity index (χ0) is 16.9. The van der Waals surface area contributed by atoms with Crippen molar-refractivity contribution in [2.24, 2.45) is 0 Å². The van der Waals surface area contributed by atoms with Gasteiger partial charge in [0.15, 0.2) is 5.75 Å². The summed E-state index contributed by atoms with van der Waals surface area (Å²) in [5.41, 5.74) is 0.769. The van der Waals surface area contributed by atoms with E-state index in [1.807, 2.05) is 24.3 Å². The molecule has 8 heteroatoms. The van der Waals surface area contributed by atoms with Crippen molar-refractivity contribution in [1.29, 1.82) is 0 Å². The summed E-state index contributed by atoms with van der Waals surface area (Å²) < 4.78 is 41.7. The van der Waals surface area contributed by atoms with Gasteiger partial charge in [-0.15, -0.1) is 13.2 Å². The lowest BCUT2D eigenvalue weighted by molar-refractivity contribution is -0.274. The molecule has 2 aromatic carbocycles. The molecule has 122 valence electrons. The molecule has 2 N–H and O–H groups in total. The molecule has 0 atom stereocenters. The molecule has 0 spiro atoms. The molecule has 0 aromatic heterocycles. The Labute approximate surface area is 138 Å². The second-order valence-corrected chi connectivity index (χ2v) is 5.40. The van der Waals surface area contributed by atoms with Crippen molar-refractivity contribution in [3.8, 4) is 5.75 Å². The van der Waals surface area contributed by atoms with Crippen LogP contribution in [-0.2, 0) is 6.54 Å². The van der Waals surface area contributed by atoms with Gasteiger partial charge in [0, 0.05) is 11.0 Å². The van der Waals surface area contributed by atoms with Crippen LogP contribution in [0.25, 0.3) is 0 Å². The van der Waals surface area contributed by atoms with E-state index in [1.54, 1.807) is 0 Å². The molecule has 2 rings (SSSR count). The number of para-hydroxylation sites is 2. The van der Waals surface area contributed by atoms with Gasteiger partial charge in [-0.3, -0.25) is 0 Å². The van der Waals surface area contributed by atoms with E-state index < -0.39 is 18.1 Å². The van der Waals surface area contributed by atoms with Gasteiger partial charge in [0.05, 0.1) is 5.69 Å². The number of anilines is 1. The number of hydrogen-bond donors (Lipinski definition) is 2. The van der Waals surface area contributed by atoms with Gasteiger partial charge < -0.3 is 15.4 Å². The van der Waals surface area contributed by atoms with Gasteiger partial charge in [-0.2, -0.15) is 0 Å². The number of carbonyl (C=O) groups is 1. The number of alkyl halides is 3. The second-order valence-electron chi connectivity index (χ2n) is 4.48. The molecular weight excluding hydrogens is 377 g/mol. The second kappa shape index (κ2) is 7.36. The van der Waals surface area contributed by atoms with Crippen LogP contribution in [0.3, 0.4) is 0 Å². The van der Waals surface area contributed by atoms with Crippen LogP contribution in [0.5, 0.6) is 5.75 Å². The van der Waals surface area contributed by atoms with E-state index in [-0.39, 0.29) is 12.2 Å². The van der Waals surface area contributed by atoms with Crippen molar-refractivity contribution in [2.45, 2.75) is 12.9 Å². The van der Waals surface area contributed by atoms with Gasteiger partial charge in [0.1, 0.15) is 0 Å². The van der Waals surface area contributed by atoms with Crippen LogP contribution in [0.1, 0.15) is 5.56 Å². The van der Waals surface area contributed by atoms with E-state index in [4.69, 9.17) is 0 Å². The number of carbonyl (C=O) groups excluding carboxylic acids is 1. The van der Waals surface area contributed by atoms with Gasteiger partial charge >= 0.3 is 12.4 Å². The minimum Gasteiger partial charge on any atom is -0.404 e. The summed E-state index contributed by atoms with van der Waals surface area (Å²) in [5.74, 6) is -0.474. The topological polar surface area (TPSA) is 50.4 Å². The quantitative estimate of drug-likeness (QED) is 0.799. The largest absolute Gasteiger partial charge is 0.573 e. The highest BCUT2D eigenvalue weighted by molar-refractivity contribution is 9.10. The fraction of sp³-hybridized carbons (Fsp3) is 0.133. The molecular formula is C15H12BrF3N2O2. The van der Waals surface area contributed by atoms with E-state index in [0.717, 1.165) is 16.1 Å². The maximum atomic E-state index is 12.3. The molecule has 2 amide bonds. The van der Waals surface area contributed by atoms with Crippen LogP contribution in [0, 0.1) is 0 Å². The summed E-state index contributed by atoms with van der Waals surface area (Å²) in [5, 5.41) is 4.89. The first-order valence-corrected chi connectivity index (χ1v) is 7.27. The Balaban J connectivity index is 1.98. The number of hydrogen-bond acceptors (Lipinski definition) is 2. The van der Waals surface area contributed by atoms with E-state index in [1.165, 1.54) is 18.2 Å².